The second-order valence-electron chi connectivity index (χ2n) is 3.82. The fraction of sp³-hybridized carbons (Fsp3) is 0.400. The van der Waals surface area contributed by atoms with Crippen molar-refractivity contribution < 1.29 is 8.42 Å². The first-order valence-corrected chi connectivity index (χ1v) is 7.17. The van der Waals surface area contributed by atoms with Crippen LogP contribution in [-0.4, -0.2) is 20.4 Å². The minimum atomic E-state index is -3.09. The van der Waals surface area contributed by atoms with Crippen molar-refractivity contribution in [2.75, 3.05) is 12.0 Å². The lowest BCUT2D eigenvalue weighted by Gasteiger charge is -2.15. The molecule has 1 atom stereocenters. The van der Waals surface area contributed by atoms with E-state index in [0.717, 1.165) is 11.1 Å². The summed E-state index contributed by atoms with van der Waals surface area (Å²) in [5.41, 5.74) is 4.20. The Balaban J connectivity index is 3.00. The van der Waals surface area contributed by atoms with Gasteiger partial charge >= 0.3 is 0 Å². The van der Waals surface area contributed by atoms with Crippen LogP contribution in [0.2, 0.25) is 5.02 Å². The van der Waals surface area contributed by atoms with E-state index in [-0.39, 0.29) is 5.75 Å². The molecule has 1 rings (SSSR count). The molecule has 0 aliphatic rings. The molecule has 90 valence electrons. The van der Waals surface area contributed by atoms with Gasteiger partial charge in [0.1, 0.15) is 9.84 Å². The largest absolute Gasteiger partial charge is 0.271 e. The van der Waals surface area contributed by atoms with Gasteiger partial charge in [0.25, 0.3) is 0 Å². The van der Waals surface area contributed by atoms with E-state index in [2.05, 4.69) is 5.43 Å². The molecule has 0 fully saturated rings. The van der Waals surface area contributed by atoms with Crippen molar-refractivity contribution in [2.24, 2.45) is 5.84 Å². The molecule has 4 nitrogen and oxygen atoms in total. The first-order chi connectivity index (χ1) is 7.33. The summed E-state index contributed by atoms with van der Waals surface area (Å²) in [6.07, 6.45) is 1.17. The lowest BCUT2D eigenvalue weighted by molar-refractivity contribution is 0.564. The molecule has 6 heteroatoms. The minimum absolute atomic E-state index is 0.0527. The summed E-state index contributed by atoms with van der Waals surface area (Å²) >= 11 is 5.97. The molecule has 1 unspecified atom stereocenters. The number of hydrogen-bond donors (Lipinski definition) is 2. The van der Waals surface area contributed by atoms with Gasteiger partial charge in [0.05, 0.1) is 11.8 Å². The summed E-state index contributed by atoms with van der Waals surface area (Å²) in [4.78, 5) is 0. The number of nitrogens with one attached hydrogen (secondary N) is 1. The third kappa shape index (κ3) is 3.75. The molecular weight excluding hydrogens is 248 g/mol. The van der Waals surface area contributed by atoms with Crippen LogP contribution in [0, 0.1) is 6.92 Å². The summed E-state index contributed by atoms with van der Waals surface area (Å²) in [6.45, 7) is 1.88. The van der Waals surface area contributed by atoms with E-state index in [0.29, 0.717) is 5.02 Å². The maximum absolute atomic E-state index is 11.2. The highest BCUT2D eigenvalue weighted by atomic mass is 35.5. The topological polar surface area (TPSA) is 72.2 Å². The predicted octanol–water partition coefficient (Wildman–Crippen LogP) is 1.20. The SMILES string of the molecule is Cc1ccc(C(CS(C)(=O)=O)NN)cc1Cl. The summed E-state index contributed by atoms with van der Waals surface area (Å²) in [7, 11) is -3.09. The Hall–Kier alpha value is -0.620. The first-order valence-electron chi connectivity index (χ1n) is 4.73. The lowest BCUT2D eigenvalue weighted by Crippen LogP contribution is -2.33. The molecule has 0 aromatic heterocycles. The van der Waals surface area contributed by atoms with Crippen LogP contribution in [0.4, 0.5) is 0 Å². The smallest absolute Gasteiger partial charge is 0.149 e. The maximum Gasteiger partial charge on any atom is 0.149 e. The molecule has 0 saturated carbocycles. The monoisotopic (exact) mass is 262 g/mol. The highest BCUT2D eigenvalue weighted by Crippen LogP contribution is 2.21. The van der Waals surface area contributed by atoms with Gasteiger partial charge in [-0.2, -0.15) is 0 Å². The second-order valence-corrected chi connectivity index (χ2v) is 6.41. The van der Waals surface area contributed by atoms with Crippen LogP contribution in [0.15, 0.2) is 18.2 Å². The van der Waals surface area contributed by atoms with E-state index in [1.165, 1.54) is 6.26 Å². The van der Waals surface area contributed by atoms with Gasteiger partial charge < -0.3 is 0 Å². The van der Waals surface area contributed by atoms with E-state index in [9.17, 15) is 8.42 Å². The van der Waals surface area contributed by atoms with Crippen LogP contribution in [-0.2, 0) is 9.84 Å². The molecular formula is C10H15ClN2O2S. The molecule has 0 aliphatic heterocycles. The normalized spacial score (nSPS) is 13.8. The van der Waals surface area contributed by atoms with Crippen LogP contribution in [0.5, 0.6) is 0 Å². The predicted molar refractivity (Wildman–Crippen MR) is 66.0 cm³/mol. The van der Waals surface area contributed by atoms with Gasteiger partial charge in [0.15, 0.2) is 0 Å². The highest BCUT2D eigenvalue weighted by molar-refractivity contribution is 7.90. The minimum Gasteiger partial charge on any atom is -0.271 e. The lowest BCUT2D eigenvalue weighted by atomic mass is 10.1. The van der Waals surface area contributed by atoms with Gasteiger partial charge in [-0.15, -0.1) is 0 Å². The van der Waals surface area contributed by atoms with Crippen molar-refractivity contribution in [3.8, 4) is 0 Å². The molecule has 3 N–H and O–H groups in total. The molecule has 16 heavy (non-hydrogen) atoms. The van der Waals surface area contributed by atoms with Gasteiger partial charge in [-0.25, -0.2) is 8.42 Å². The summed E-state index contributed by atoms with van der Waals surface area (Å²) in [5, 5.41) is 0.603. The van der Waals surface area contributed by atoms with Crippen LogP contribution in [0.1, 0.15) is 17.2 Å². The van der Waals surface area contributed by atoms with Crippen LogP contribution in [0.25, 0.3) is 0 Å². The van der Waals surface area contributed by atoms with Gasteiger partial charge in [0, 0.05) is 11.3 Å². The van der Waals surface area contributed by atoms with E-state index in [1.807, 2.05) is 19.1 Å². The molecule has 0 bridgehead atoms. The Labute approximate surface area is 101 Å². The maximum atomic E-state index is 11.2. The van der Waals surface area contributed by atoms with Crippen molar-refractivity contribution in [2.45, 2.75) is 13.0 Å². The average molecular weight is 263 g/mol. The van der Waals surface area contributed by atoms with Crippen molar-refractivity contribution in [1.82, 2.24) is 5.43 Å². The summed E-state index contributed by atoms with van der Waals surface area (Å²) in [5.74, 6) is 5.29. The number of rotatable bonds is 4. The van der Waals surface area contributed by atoms with Crippen molar-refractivity contribution >= 4 is 21.4 Å². The number of hydrogen-bond acceptors (Lipinski definition) is 4. The van der Waals surface area contributed by atoms with Gasteiger partial charge in [-0.3, -0.25) is 11.3 Å². The van der Waals surface area contributed by atoms with E-state index < -0.39 is 15.9 Å². The zero-order valence-corrected chi connectivity index (χ0v) is 10.8. The third-order valence-corrected chi connectivity index (χ3v) is 3.61. The molecule has 0 radical (unpaired) electrons. The van der Waals surface area contributed by atoms with Crippen LogP contribution in [0.3, 0.4) is 0 Å². The molecule has 0 aliphatic carbocycles. The number of nitrogens with two attached hydrogens (primary N) is 1. The average Bonchev–Trinajstić information content (AvgIpc) is 2.17. The number of halogens is 1. The summed E-state index contributed by atoms with van der Waals surface area (Å²) < 4.78 is 22.4. The Morgan fingerprint density at radius 3 is 2.56 bits per heavy atom. The second kappa shape index (κ2) is 5.14. The molecule has 0 saturated heterocycles. The molecule has 0 spiro atoms. The zero-order valence-electron chi connectivity index (χ0n) is 9.20. The first kappa shape index (κ1) is 13.4. The molecule has 1 aromatic rings. The molecule has 0 amide bonds. The van der Waals surface area contributed by atoms with Crippen LogP contribution < -0.4 is 11.3 Å². The summed E-state index contributed by atoms with van der Waals surface area (Å²) in [6, 6.07) is 4.95. The van der Waals surface area contributed by atoms with Crippen molar-refractivity contribution in [3.05, 3.63) is 34.3 Å². The van der Waals surface area contributed by atoms with Gasteiger partial charge in [-0.1, -0.05) is 23.7 Å². The number of hydrazine groups is 1. The molecule has 0 heterocycles. The quantitative estimate of drug-likeness (QED) is 0.632. The Bertz CT molecular complexity index is 474. The number of benzene rings is 1. The van der Waals surface area contributed by atoms with E-state index in [1.54, 1.807) is 6.07 Å². The van der Waals surface area contributed by atoms with Gasteiger partial charge in [0.2, 0.25) is 0 Å². The van der Waals surface area contributed by atoms with Gasteiger partial charge in [-0.05, 0) is 24.1 Å². The fourth-order valence-corrected chi connectivity index (χ4v) is 2.45. The molecule has 1 aromatic carbocycles. The van der Waals surface area contributed by atoms with E-state index in [4.69, 9.17) is 17.4 Å². The van der Waals surface area contributed by atoms with Crippen molar-refractivity contribution in [3.63, 3.8) is 0 Å². The number of aryl methyl sites for hydroxylation is 1. The Kier molecular flexibility index (Phi) is 4.32. The van der Waals surface area contributed by atoms with Crippen LogP contribution >= 0.6 is 11.6 Å². The number of sulfone groups is 1. The Morgan fingerprint density at radius 1 is 1.50 bits per heavy atom. The fourth-order valence-electron chi connectivity index (χ4n) is 1.37. The van der Waals surface area contributed by atoms with E-state index >= 15 is 0 Å². The third-order valence-electron chi connectivity index (χ3n) is 2.27. The zero-order chi connectivity index (χ0) is 12.3. The Morgan fingerprint density at radius 2 is 2.12 bits per heavy atom. The standard InChI is InChI=1S/C10H15ClN2O2S/c1-7-3-4-8(5-9(7)11)10(13-12)6-16(2,14)15/h3-5,10,13H,6,12H2,1-2H3. The van der Waals surface area contributed by atoms with Crippen molar-refractivity contribution in [1.29, 1.82) is 0 Å². The highest BCUT2D eigenvalue weighted by Gasteiger charge is 2.16.